The zero-order valence-corrected chi connectivity index (χ0v) is 16.6. The van der Waals surface area contributed by atoms with E-state index in [1.807, 2.05) is 0 Å². The Hall–Kier alpha value is -1.06. The molecule has 146 valence electrons. The maximum atomic E-state index is 13.4. The molecule has 5 aliphatic rings. The second-order valence-electron chi connectivity index (χ2n) is 9.79. The van der Waals surface area contributed by atoms with Crippen molar-refractivity contribution in [3.8, 4) is 0 Å². The zero-order valence-electron chi connectivity index (χ0n) is 16.6. The summed E-state index contributed by atoms with van der Waals surface area (Å²) in [5, 5.41) is 3.24. The van der Waals surface area contributed by atoms with Gasteiger partial charge in [0.2, 0.25) is 11.8 Å². The van der Waals surface area contributed by atoms with Gasteiger partial charge in [0.1, 0.15) is 0 Å². The van der Waals surface area contributed by atoms with Crippen molar-refractivity contribution in [1.29, 1.82) is 0 Å². The molecule has 4 heteroatoms. The summed E-state index contributed by atoms with van der Waals surface area (Å²) in [6, 6.07) is 0.253. The molecule has 1 saturated heterocycles. The Kier molecular flexibility index (Phi) is 5.04. The van der Waals surface area contributed by atoms with Crippen LogP contribution in [0.5, 0.6) is 0 Å². The van der Waals surface area contributed by atoms with Crippen LogP contribution in [-0.4, -0.2) is 35.8 Å². The molecule has 5 fully saturated rings. The summed E-state index contributed by atoms with van der Waals surface area (Å²) in [6.45, 7) is 5.82. The van der Waals surface area contributed by atoms with Crippen molar-refractivity contribution in [1.82, 2.24) is 10.2 Å². The molecule has 4 bridgehead atoms. The monoisotopic (exact) mass is 360 g/mol. The highest BCUT2D eigenvalue weighted by molar-refractivity contribution is 5.83. The molecule has 1 heterocycles. The number of piperidine rings is 1. The third-order valence-electron chi connectivity index (χ3n) is 7.98. The van der Waals surface area contributed by atoms with Gasteiger partial charge in [0.25, 0.3) is 0 Å². The van der Waals surface area contributed by atoms with Gasteiger partial charge in [-0.05, 0) is 82.0 Å². The fourth-order valence-electron chi connectivity index (χ4n) is 6.91. The van der Waals surface area contributed by atoms with Gasteiger partial charge in [-0.2, -0.15) is 0 Å². The van der Waals surface area contributed by atoms with E-state index in [1.165, 1.54) is 19.3 Å². The van der Waals surface area contributed by atoms with Gasteiger partial charge in [0.15, 0.2) is 0 Å². The van der Waals surface area contributed by atoms with E-state index in [0.29, 0.717) is 5.91 Å². The van der Waals surface area contributed by atoms with E-state index in [-0.39, 0.29) is 23.3 Å². The van der Waals surface area contributed by atoms with Gasteiger partial charge in [-0.1, -0.05) is 13.8 Å². The summed E-state index contributed by atoms with van der Waals surface area (Å²) in [5.74, 6) is 3.27. The van der Waals surface area contributed by atoms with Crippen molar-refractivity contribution < 1.29 is 9.59 Å². The Morgan fingerprint density at radius 3 is 1.92 bits per heavy atom. The van der Waals surface area contributed by atoms with Crippen molar-refractivity contribution in [2.45, 2.75) is 84.1 Å². The number of likely N-dealkylation sites (tertiary alicyclic amines) is 1. The molecule has 4 aliphatic carbocycles. The lowest BCUT2D eigenvalue weighted by Gasteiger charge is -2.57. The SMILES string of the molecule is CCC(CC)C(=O)NC1CCN(C(=O)C23CC4CC(CC(C4)C2)C3)CC1. The first kappa shape index (κ1) is 18.3. The van der Waals surface area contributed by atoms with Crippen LogP contribution in [0.2, 0.25) is 0 Å². The Balaban J connectivity index is 1.32. The van der Waals surface area contributed by atoms with Crippen molar-refractivity contribution in [2.75, 3.05) is 13.1 Å². The van der Waals surface area contributed by atoms with Crippen LogP contribution in [0.3, 0.4) is 0 Å². The minimum atomic E-state index is -0.0135. The largest absolute Gasteiger partial charge is 0.353 e. The molecule has 0 unspecified atom stereocenters. The first-order valence-electron chi connectivity index (χ1n) is 11.1. The third-order valence-corrected chi connectivity index (χ3v) is 7.98. The molecule has 1 aliphatic heterocycles. The average Bonchev–Trinajstić information content (AvgIpc) is 2.61. The highest BCUT2D eigenvalue weighted by Gasteiger charge is 2.55. The smallest absolute Gasteiger partial charge is 0.228 e. The predicted octanol–water partition coefficient (Wildman–Crippen LogP) is 3.75. The summed E-state index contributed by atoms with van der Waals surface area (Å²) in [7, 11) is 0. The van der Waals surface area contributed by atoms with Crippen molar-refractivity contribution in [2.24, 2.45) is 29.1 Å². The maximum Gasteiger partial charge on any atom is 0.228 e. The number of carbonyl (C=O) groups excluding carboxylic acids is 2. The van der Waals surface area contributed by atoms with Crippen molar-refractivity contribution in [3.05, 3.63) is 0 Å². The topological polar surface area (TPSA) is 49.4 Å². The van der Waals surface area contributed by atoms with E-state index in [0.717, 1.165) is 75.8 Å². The van der Waals surface area contributed by atoms with E-state index in [9.17, 15) is 9.59 Å². The molecule has 0 spiro atoms. The van der Waals surface area contributed by atoms with Gasteiger partial charge in [-0.3, -0.25) is 9.59 Å². The predicted molar refractivity (Wildman–Crippen MR) is 102 cm³/mol. The molecular weight excluding hydrogens is 324 g/mol. The van der Waals surface area contributed by atoms with Gasteiger partial charge in [0, 0.05) is 25.0 Å². The van der Waals surface area contributed by atoms with Crippen LogP contribution in [0.25, 0.3) is 0 Å². The zero-order chi connectivity index (χ0) is 18.3. The Bertz CT molecular complexity index is 511. The van der Waals surface area contributed by atoms with Gasteiger partial charge in [0.05, 0.1) is 5.41 Å². The van der Waals surface area contributed by atoms with Crippen molar-refractivity contribution >= 4 is 11.8 Å². The molecule has 1 N–H and O–H groups in total. The molecule has 26 heavy (non-hydrogen) atoms. The molecule has 4 saturated carbocycles. The fourth-order valence-corrected chi connectivity index (χ4v) is 6.91. The van der Waals surface area contributed by atoms with Crippen LogP contribution in [-0.2, 0) is 9.59 Å². The normalized spacial score (nSPS) is 36.6. The van der Waals surface area contributed by atoms with Crippen LogP contribution < -0.4 is 5.32 Å². The highest BCUT2D eigenvalue weighted by atomic mass is 16.2. The second kappa shape index (κ2) is 7.16. The number of amides is 2. The van der Waals surface area contributed by atoms with E-state index in [4.69, 9.17) is 0 Å². The molecule has 0 aromatic rings. The highest BCUT2D eigenvalue weighted by Crippen LogP contribution is 2.60. The number of nitrogens with zero attached hydrogens (tertiary/aromatic N) is 1. The summed E-state index contributed by atoms with van der Waals surface area (Å²) >= 11 is 0. The molecule has 0 atom stereocenters. The molecule has 0 radical (unpaired) electrons. The number of hydrogen-bond donors (Lipinski definition) is 1. The van der Waals surface area contributed by atoms with Crippen LogP contribution in [0.4, 0.5) is 0 Å². The fraction of sp³-hybridized carbons (Fsp3) is 0.909. The lowest BCUT2D eigenvalue weighted by molar-refractivity contribution is -0.158. The summed E-state index contributed by atoms with van der Waals surface area (Å²) in [5.41, 5.74) is -0.0135. The summed E-state index contributed by atoms with van der Waals surface area (Å²) < 4.78 is 0. The van der Waals surface area contributed by atoms with E-state index >= 15 is 0 Å². The first-order valence-corrected chi connectivity index (χ1v) is 11.1. The van der Waals surface area contributed by atoms with Crippen LogP contribution in [0.15, 0.2) is 0 Å². The third kappa shape index (κ3) is 3.29. The summed E-state index contributed by atoms with van der Waals surface area (Å²) in [4.78, 5) is 27.9. The van der Waals surface area contributed by atoms with Crippen LogP contribution in [0.1, 0.15) is 78.1 Å². The number of nitrogens with one attached hydrogen (secondary N) is 1. The van der Waals surface area contributed by atoms with Crippen molar-refractivity contribution in [3.63, 3.8) is 0 Å². The van der Waals surface area contributed by atoms with Gasteiger partial charge in [-0.25, -0.2) is 0 Å². The van der Waals surface area contributed by atoms with Crippen LogP contribution in [0, 0.1) is 29.1 Å². The van der Waals surface area contributed by atoms with Gasteiger partial charge < -0.3 is 10.2 Å². The lowest BCUT2D eigenvalue weighted by atomic mass is 9.49. The standard InChI is InChI=1S/C22H36N2O2/c1-3-18(4-2)20(25)23-19-5-7-24(8-6-19)21(26)22-12-15-9-16(13-22)11-17(10-15)14-22/h15-19H,3-14H2,1-2H3,(H,23,25). The Morgan fingerprint density at radius 1 is 0.962 bits per heavy atom. The van der Waals surface area contributed by atoms with E-state index < -0.39 is 0 Å². The maximum absolute atomic E-state index is 13.4. The molecule has 2 amide bonds. The second-order valence-corrected chi connectivity index (χ2v) is 9.79. The van der Waals surface area contributed by atoms with Crippen LogP contribution >= 0.6 is 0 Å². The molecule has 0 aromatic heterocycles. The Labute approximate surface area is 158 Å². The molecular formula is C22H36N2O2. The lowest BCUT2D eigenvalue weighted by Crippen LogP contribution is -2.57. The Morgan fingerprint density at radius 2 is 1.46 bits per heavy atom. The van der Waals surface area contributed by atoms with Gasteiger partial charge >= 0.3 is 0 Å². The average molecular weight is 361 g/mol. The molecule has 4 nitrogen and oxygen atoms in total. The quantitative estimate of drug-likeness (QED) is 0.812. The van der Waals surface area contributed by atoms with E-state index in [1.54, 1.807) is 0 Å². The minimum Gasteiger partial charge on any atom is -0.353 e. The first-order chi connectivity index (χ1) is 12.5. The number of rotatable bonds is 5. The number of carbonyl (C=O) groups is 2. The number of hydrogen-bond acceptors (Lipinski definition) is 2. The minimum absolute atomic E-state index is 0.0135. The summed E-state index contributed by atoms with van der Waals surface area (Å²) in [6.07, 6.45) is 11.3. The van der Waals surface area contributed by atoms with Gasteiger partial charge in [-0.15, -0.1) is 0 Å². The molecule has 5 rings (SSSR count). The molecule has 0 aromatic carbocycles. The van der Waals surface area contributed by atoms with E-state index in [2.05, 4.69) is 24.1 Å².